The molecule has 0 unspecified atom stereocenters. The molecule has 0 saturated carbocycles. The fraction of sp³-hybridized carbons (Fsp3) is 0.176. The second kappa shape index (κ2) is 7.48. The van der Waals surface area contributed by atoms with Gasteiger partial charge in [0.2, 0.25) is 0 Å². The van der Waals surface area contributed by atoms with Gasteiger partial charge in [0, 0.05) is 11.6 Å². The van der Waals surface area contributed by atoms with Crippen molar-refractivity contribution in [2.45, 2.75) is 19.6 Å². The predicted octanol–water partition coefficient (Wildman–Crippen LogP) is 3.30. The monoisotopic (exact) mass is 314 g/mol. The highest BCUT2D eigenvalue weighted by Crippen LogP contribution is 2.14. The molecule has 0 radical (unpaired) electrons. The lowest BCUT2D eigenvalue weighted by molar-refractivity contribution is -0.127. The first-order valence-corrected chi connectivity index (χ1v) is 7.15. The van der Waals surface area contributed by atoms with E-state index in [2.05, 4.69) is 5.32 Å². The van der Waals surface area contributed by atoms with Crippen LogP contribution in [0.5, 0.6) is 5.75 Å². The largest absolute Gasteiger partial charge is 0.481 e. The molecular formula is C17H15ClN2O2. The number of halogens is 1. The van der Waals surface area contributed by atoms with Crippen LogP contribution in [0.15, 0.2) is 48.5 Å². The highest BCUT2D eigenvalue weighted by Gasteiger charge is 2.14. The Morgan fingerprint density at radius 3 is 2.68 bits per heavy atom. The standard InChI is InChI=1S/C17H15ClN2O2/c1-12(22-16-7-5-13(10-19)6-8-16)17(21)20-11-14-3-2-4-15(18)9-14/h2-9,12H,11H2,1H3,(H,20,21)/t12-/m0/s1. The maximum Gasteiger partial charge on any atom is 0.261 e. The van der Waals surface area contributed by atoms with Gasteiger partial charge in [0.25, 0.3) is 5.91 Å². The smallest absolute Gasteiger partial charge is 0.261 e. The summed E-state index contributed by atoms with van der Waals surface area (Å²) in [6.45, 7) is 2.06. The number of hydrogen-bond acceptors (Lipinski definition) is 3. The predicted molar refractivity (Wildman–Crippen MR) is 84.5 cm³/mol. The van der Waals surface area contributed by atoms with Gasteiger partial charge in [0.1, 0.15) is 5.75 Å². The molecule has 0 fully saturated rings. The summed E-state index contributed by atoms with van der Waals surface area (Å²) in [7, 11) is 0. The normalized spacial score (nSPS) is 11.3. The van der Waals surface area contributed by atoms with Gasteiger partial charge in [-0.15, -0.1) is 0 Å². The molecule has 0 aliphatic heterocycles. The maximum atomic E-state index is 12.0. The Labute approximate surface area is 134 Å². The topological polar surface area (TPSA) is 62.1 Å². The first kappa shape index (κ1) is 15.9. The van der Waals surface area contributed by atoms with Crippen LogP contribution in [-0.4, -0.2) is 12.0 Å². The Morgan fingerprint density at radius 2 is 2.05 bits per heavy atom. The van der Waals surface area contributed by atoms with Gasteiger partial charge < -0.3 is 10.1 Å². The second-order valence-corrected chi connectivity index (χ2v) is 5.18. The fourth-order valence-corrected chi connectivity index (χ4v) is 2.06. The van der Waals surface area contributed by atoms with E-state index in [9.17, 15) is 4.79 Å². The number of carbonyl (C=O) groups is 1. The molecule has 0 saturated heterocycles. The van der Waals surface area contributed by atoms with E-state index in [0.29, 0.717) is 22.9 Å². The summed E-state index contributed by atoms with van der Waals surface area (Å²) in [5.74, 6) is 0.328. The molecule has 2 aromatic rings. The molecule has 4 nitrogen and oxygen atoms in total. The van der Waals surface area contributed by atoms with E-state index in [1.165, 1.54) is 0 Å². The van der Waals surface area contributed by atoms with Crippen molar-refractivity contribution in [3.8, 4) is 11.8 Å². The van der Waals surface area contributed by atoms with E-state index < -0.39 is 6.10 Å². The van der Waals surface area contributed by atoms with Gasteiger partial charge in [-0.05, 0) is 48.9 Å². The minimum atomic E-state index is -0.632. The number of nitriles is 1. The van der Waals surface area contributed by atoms with Crippen molar-refractivity contribution in [3.05, 3.63) is 64.7 Å². The lowest BCUT2D eigenvalue weighted by Crippen LogP contribution is -2.35. The van der Waals surface area contributed by atoms with Crippen molar-refractivity contribution < 1.29 is 9.53 Å². The molecule has 0 bridgehead atoms. The van der Waals surface area contributed by atoms with Crippen LogP contribution in [0.4, 0.5) is 0 Å². The van der Waals surface area contributed by atoms with Gasteiger partial charge in [-0.1, -0.05) is 23.7 Å². The number of carbonyl (C=O) groups excluding carboxylic acids is 1. The SMILES string of the molecule is C[C@H](Oc1ccc(C#N)cc1)C(=O)NCc1cccc(Cl)c1. The summed E-state index contributed by atoms with van der Waals surface area (Å²) in [5, 5.41) is 12.2. The molecule has 0 spiro atoms. The summed E-state index contributed by atoms with van der Waals surface area (Å²) >= 11 is 5.89. The van der Waals surface area contributed by atoms with Gasteiger partial charge in [-0.3, -0.25) is 4.79 Å². The molecule has 112 valence electrons. The van der Waals surface area contributed by atoms with Gasteiger partial charge in [-0.25, -0.2) is 0 Å². The third-order valence-electron chi connectivity index (χ3n) is 3.02. The van der Waals surface area contributed by atoms with E-state index in [0.717, 1.165) is 5.56 Å². The molecule has 0 aliphatic carbocycles. The summed E-state index contributed by atoms with van der Waals surface area (Å²) in [6.07, 6.45) is -0.632. The molecule has 5 heteroatoms. The Morgan fingerprint density at radius 1 is 1.32 bits per heavy atom. The summed E-state index contributed by atoms with van der Waals surface area (Å²) < 4.78 is 5.54. The van der Waals surface area contributed by atoms with E-state index >= 15 is 0 Å². The Kier molecular flexibility index (Phi) is 5.40. The van der Waals surface area contributed by atoms with Crippen LogP contribution in [0, 0.1) is 11.3 Å². The molecule has 2 aromatic carbocycles. The number of amides is 1. The highest BCUT2D eigenvalue weighted by molar-refractivity contribution is 6.30. The van der Waals surface area contributed by atoms with Crippen LogP contribution in [0.25, 0.3) is 0 Å². The molecule has 1 amide bonds. The number of rotatable bonds is 5. The Bertz CT molecular complexity index is 693. The number of nitrogens with one attached hydrogen (secondary N) is 1. The quantitative estimate of drug-likeness (QED) is 0.921. The minimum Gasteiger partial charge on any atom is -0.481 e. The molecule has 2 rings (SSSR count). The van der Waals surface area contributed by atoms with E-state index in [1.54, 1.807) is 43.3 Å². The van der Waals surface area contributed by atoms with Gasteiger partial charge in [0.05, 0.1) is 11.6 Å². The zero-order valence-corrected chi connectivity index (χ0v) is 12.8. The first-order chi connectivity index (χ1) is 10.6. The van der Waals surface area contributed by atoms with Crippen LogP contribution < -0.4 is 10.1 Å². The second-order valence-electron chi connectivity index (χ2n) is 4.74. The molecule has 0 aromatic heterocycles. The van der Waals surface area contributed by atoms with Crippen molar-refractivity contribution in [1.29, 1.82) is 5.26 Å². The van der Waals surface area contributed by atoms with Crippen LogP contribution in [0.2, 0.25) is 5.02 Å². The van der Waals surface area contributed by atoms with Crippen LogP contribution in [0.3, 0.4) is 0 Å². The van der Waals surface area contributed by atoms with Crippen LogP contribution >= 0.6 is 11.6 Å². The van der Waals surface area contributed by atoms with Gasteiger partial charge in [0.15, 0.2) is 6.10 Å². The third-order valence-corrected chi connectivity index (χ3v) is 3.26. The molecule has 22 heavy (non-hydrogen) atoms. The Balaban J connectivity index is 1.87. The van der Waals surface area contributed by atoms with Crippen molar-refractivity contribution in [2.24, 2.45) is 0 Å². The summed E-state index contributed by atoms with van der Waals surface area (Å²) in [5.41, 5.74) is 1.47. The van der Waals surface area contributed by atoms with Gasteiger partial charge >= 0.3 is 0 Å². The highest BCUT2D eigenvalue weighted by atomic mass is 35.5. The lowest BCUT2D eigenvalue weighted by Gasteiger charge is -2.14. The number of nitrogens with zero attached hydrogens (tertiary/aromatic N) is 1. The van der Waals surface area contributed by atoms with Crippen molar-refractivity contribution >= 4 is 17.5 Å². The van der Waals surface area contributed by atoms with Crippen molar-refractivity contribution in [3.63, 3.8) is 0 Å². The first-order valence-electron chi connectivity index (χ1n) is 6.77. The molecule has 1 atom stereocenters. The molecule has 0 aliphatic rings. The van der Waals surface area contributed by atoms with E-state index in [4.69, 9.17) is 21.6 Å². The van der Waals surface area contributed by atoms with Gasteiger partial charge in [-0.2, -0.15) is 5.26 Å². The van der Waals surface area contributed by atoms with Crippen LogP contribution in [-0.2, 0) is 11.3 Å². The average molecular weight is 315 g/mol. The van der Waals surface area contributed by atoms with Crippen molar-refractivity contribution in [2.75, 3.05) is 0 Å². The maximum absolute atomic E-state index is 12.0. The number of benzene rings is 2. The summed E-state index contributed by atoms with van der Waals surface area (Å²) in [6, 6.07) is 16.0. The zero-order valence-electron chi connectivity index (χ0n) is 12.0. The summed E-state index contributed by atoms with van der Waals surface area (Å²) in [4.78, 5) is 12.0. The molecular weight excluding hydrogens is 300 g/mol. The third kappa shape index (κ3) is 4.51. The molecule has 1 N–H and O–H groups in total. The average Bonchev–Trinajstić information content (AvgIpc) is 2.53. The van der Waals surface area contributed by atoms with Crippen molar-refractivity contribution in [1.82, 2.24) is 5.32 Å². The van der Waals surface area contributed by atoms with E-state index in [-0.39, 0.29) is 5.91 Å². The molecule has 0 heterocycles. The number of ether oxygens (including phenoxy) is 1. The minimum absolute atomic E-state index is 0.218. The fourth-order valence-electron chi connectivity index (χ4n) is 1.85. The lowest BCUT2D eigenvalue weighted by atomic mass is 10.2. The van der Waals surface area contributed by atoms with E-state index in [1.807, 2.05) is 18.2 Å². The zero-order chi connectivity index (χ0) is 15.9. The van der Waals surface area contributed by atoms with Crippen LogP contribution in [0.1, 0.15) is 18.1 Å². The number of hydrogen-bond donors (Lipinski definition) is 1. The Hall–Kier alpha value is -2.51.